The minimum atomic E-state index is -0.421. The Kier molecular flexibility index (Phi) is 4.04. The fourth-order valence-electron chi connectivity index (χ4n) is 2.34. The predicted molar refractivity (Wildman–Crippen MR) is 73.9 cm³/mol. The third kappa shape index (κ3) is 3.47. The number of hydrogen-bond acceptors (Lipinski definition) is 3. The summed E-state index contributed by atoms with van der Waals surface area (Å²) in [6, 6.07) is 7.53. The number of rotatable bonds is 3. The highest BCUT2D eigenvalue weighted by Crippen LogP contribution is 2.17. The molecular weight excluding hydrogens is 242 g/mol. The van der Waals surface area contributed by atoms with Crippen molar-refractivity contribution < 1.29 is 9.59 Å². The number of amides is 2. The van der Waals surface area contributed by atoms with Gasteiger partial charge in [0.05, 0.1) is 0 Å². The Morgan fingerprint density at radius 2 is 2.00 bits per heavy atom. The molecule has 2 rings (SSSR count). The van der Waals surface area contributed by atoms with Crippen molar-refractivity contribution in [3.8, 4) is 0 Å². The van der Waals surface area contributed by atoms with Crippen LogP contribution in [0.1, 0.15) is 30.1 Å². The van der Waals surface area contributed by atoms with Crippen molar-refractivity contribution >= 4 is 17.5 Å². The SMILES string of the molecule is CC(=O)N1CCC(Nc2cccc(C(N)=O)c2)CC1. The van der Waals surface area contributed by atoms with E-state index in [1.54, 1.807) is 19.1 Å². The van der Waals surface area contributed by atoms with Gasteiger partial charge < -0.3 is 16.0 Å². The lowest BCUT2D eigenvalue weighted by Gasteiger charge is -2.32. The smallest absolute Gasteiger partial charge is 0.248 e. The van der Waals surface area contributed by atoms with E-state index < -0.39 is 5.91 Å². The molecule has 0 bridgehead atoms. The molecule has 1 aromatic carbocycles. The Labute approximate surface area is 112 Å². The standard InChI is InChI=1S/C14H19N3O2/c1-10(18)17-7-5-12(6-8-17)16-13-4-2-3-11(9-13)14(15)19/h2-4,9,12,16H,5-8H2,1H3,(H2,15,19). The van der Waals surface area contributed by atoms with Gasteiger partial charge in [-0.3, -0.25) is 9.59 Å². The maximum absolute atomic E-state index is 11.2. The Balaban J connectivity index is 1.94. The largest absolute Gasteiger partial charge is 0.382 e. The number of benzene rings is 1. The lowest BCUT2D eigenvalue weighted by Crippen LogP contribution is -2.41. The number of nitrogens with two attached hydrogens (primary N) is 1. The van der Waals surface area contributed by atoms with Crippen LogP contribution in [0.25, 0.3) is 0 Å². The normalized spacial score (nSPS) is 16.2. The highest BCUT2D eigenvalue weighted by molar-refractivity contribution is 5.93. The van der Waals surface area contributed by atoms with Crippen LogP contribution in [0.5, 0.6) is 0 Å². The maximum Gasteiger partial charge on any atom is 0.248 e. The molecule has 1 heterocycles. The zero-order valence-electron chi connectivity index (χ0n) is 11.1. The van der Waals surface area contributed by atoms with Gasteiger partial charge in [0.15, 0.2) is 0 Å². The first-order valence-corrected chi connectivity index (χ1v) is 6.48. The molecule has 0 aliphatic carbocycles. The fourth-order valence-corrected chi connectivity index (χ4v) is 2.34. The van der Waals surface area contributed by atoms with Crippen molar-refractivity contribution in [2.24, 2.45) is 5.73 Å². The Morgan fingerprint density at radius 3 is 2.58 bits per heavy atom. The number of carbonyl (C=O) groups is 2. The van der Waals surface area contributed by atoms with Gasteiger partial charge in [-0.2, -0.15) is 0 Å². The van der Waals surface area contributed by atoms with Crippen LogP contribution >= 0.6 is 0 Å². The van der Waals surface area contributed by atoms with E-state index in [0.29, 0.717) is 11.6 Å². The van der Waals surface area contributed by atoms with Gasteiger partial charge in [-0.25, -0.2) is 0 Å². The van der Waals surface area contributed by atoms with Crippen LogP contribution in [0, 0.1) is 0 Å². The van der Waals surface area contributed by atoms with E-state index in [-0.39, 0.29) is 5.91 Å². The molecule has 5 heteroatoms. The van der Waals surface area contributed by atoms with Gasteiger partial charge in [-0.1, -0.05) is 6.07 Å². The van der Waals surface area contributed by atoms with E-state index in [0.717, 1.165) is 31.6 Å². The van der Waals surface area contributed by atoms with Gasteiger partial charge >= 0.3 is 0 Å². The van der Waals surface area contributed by atoms with Crippen LogP contribution in [0.4, 0.5) is 5.69 Å². The van der Waals surface area contributed by atoms with E-state index in [9.17, 15) is 9.59 Å². The minimum Gasteiger partial charge on any atom is -0.382 e. The predicted octanol–water partition coefficient (Wildman–Crippen LogP) is 1.21. The van der Waals surface area contributed by atoms with Crippen molar-refractivity contribution in [2.75, 3.05) is 18.4 Å². The molecule has 0 saturated carbocycles. The number of nitrogens with zero attached hydrogens (tertiary/aromatic N) is 1. The third-order valence-corrected chi connectivity index (χ3v) is 3.46. The van der Waals surface area contributed by atoms with Crippen LogP contribution in [0.2, 0.25) is 0 Å². The summed E-state index contributed by atoms with van der Waals surface area (Å²) < 4.78 is 0. The first-order valence-electron chi connectivity index (χ1n) is 6.48. The molecule has 0 spiro atoms. The van der Waals surface area contributed by atoms with Gasteiger partial charge in [-0.15, -0.1) is 0 Å². The molecule has 1 saturated heterocycles. The molecular formula is C14H19N3O2. The second-order valence-electron chi connectivity index (χ2n) is 4.87. The molecule has 102 valence electrons. The van der Waals surface area contributed by atoms with E-state index in [1.165, 1.54) is 0 Å². The van der Waals surface area contributed by atoms with Gasteiger partial charge in [0, 0.05) is 37.3 Å². The summed E-state index contributed by atoms with van der Waals surface area (Å²) >= 11 is 0. The van der Waals surface area contributed by atoms with E-state index in [4.69, 9.17) is 5.73 Å². The second-order valence-corrected chi connectivity index (χ2v) is 4.87. The Morgan fingerprint density at radius 1 is 1.32 bits per heavy atom. The first-order chi connectivity index (χ1) is 9.06. The molecule has 2 amide bonds. The zero-order valence-corrected chi connectivity index (χ0v) is 11.1. The summed E-state index contributed by atoms with van der Waals surface area (Å²) in [5, 5.41) is 3.39. The van der Waals surface area contributed by atoms with Crippen LogP contribution < -0.4 is 11.1 Å². The number of likely N-dealkylation sites (tertiary alicyclic amines) is 1. The lowest BCUT2D eigenvalue weighted by atomic mass is 10.0. The highest BCUT2D eigenvalue weighted by atomic mass is 16.2. The molecule has 5 nitrogen and oxygen atoms in total. The van der Waals surface area contributed by atoms with Gasteiger partial charge in [-0.05, 0) is 31.0 Å². The topological polar surface area (TPSA) is 75.4 Å². The van der Waals surface area contributed by atoms with E-state index in [2.05, 4.69) is 5.32 Å². The summed E-state index contributed by atoms with van der Waals surface area (Å²) in [6.07, 6.45) is 1.83. The fraction of sp³-hybridized carbons (Fsp3) is 0.429. The maximum atomic E-state index is 11.2. The Bertz CT molecular complexity index is 479. The van der Waals surface area contributed by atoms with Crippen LogP contribution in [0.15, 0.2) is 24.3 Å². The number of primary amides is 1. The molecule has 1 fully saturated rings. The summed E-state index contributed by atoms with van der Waals surface area (Å²) in [7, 11) is 0. The number of hydrogen-bond donors (Lipinski definition) is 2. The molecule has 1 aromatic rings. The molecule has 0 unspecified atom stereocenters. The summed E-state index contributed by atoms with van der Waals surface area (Å²) in [6.45, 7) is 3.16. The summed E-state index contributed by atoms with van der Waals surface area (Å²) in [4.78, 5) is 24.2. The number of nitrogens with one attached hydrogen (secondary N) is 1. The molecule has 19 heavy (non-hydrogen) atoms. The van der Waals surface area contributed by atoms with Gasteiger partial charge in [0.2, 0.25) is 11.8 Å². The van der Waals surface area contributed by atoms with Crippen molar-refractivity contribution in [3.05, 3.63) is 29.8 Å². The minimum absolute atomic E-state index is 0.133. The molecule has 1 aliphatic heterocycles. The van der Waals surface area contributed by atoms with Crippen LogP contribution in [0.3, 0.4) is 0 Å². The number of carbonyl (C=O) groups excluding carboxylic acids is 2. The lowest BCUT2D eigenvalue weighted by molar-refractivity contribution is -0.129. The van der Waals surface area contributed by atoms with Crippen molar-refractivity contribution in [1.82, 2.24) is 4.90 Å². The number of piperidine rings is 1. The van der Waals surface area contributed by atoms with Crippen molar-refractivity contribution in [1.29, 1.82) is 0 Å². The second kappa shape index (κ2) is 5.73. The summed E-state index contributed by atoms with van der Waals surface area (Å²) in [5.74, 6) is -0.288. The average Bonchev–Trinajstić information content (AvgIpc) is 2.39. The van der Waals surface area contributed by atoms with Crippen molar-refractivity contribution in [3.63, 3.8) is 0 Å². The average molecular weight is 261 g/mol. The van der Waals surface area contributed by atoms with E-state index >= 15 is 0 Å². The third-order valence-electron chi connectivity index (χ3n) is 3.46. The van der Waals surface area contributed by atoms with Crippen LogP contribution in [-0.2, 0) is 4.79 Å². The van der Waals surface area contributed by atoms with Crippen molar-refractivity contribution in [2.45, 2.75) is 25.8 Å². The molecule has 1 aliphatic rings. The first kappa shape index (κ1) is 13.4. The zero-order chi connectivity index (χ0) is 13.8. The van der Waals surface area contributed by atoms with Crippen LogP contribution in [-0.4, -0.2) is 35.8 Å². The van der Waals surface area contributed by atoms with Gasteiger partial charge in [0.25, 0.3) is 0 Å². The molecule has 3 N–H and O–H groups in total. The van der Waals surface area contributed by atoms with E-state index in [1.807, 2.05) is 17.0 Å². The molecule has 0 radical (unpaired) electrons. The Hall–Kier alpha value is -2.04. The highest BCUT2D eigenvalue weighted by Gasteiger charge is 2.20. The summed E-state index contributed by atoms with van der Waals surface area (Å²) in [5.41, 5.74) is 6.66. The van der Waals surface area contributed by atoms with Gasteiger partial charge in [0.1, 0.15) is 0 Å². The molecule has 0 aromatic heterocycles. The number of anilines is 1. The monoisotopic (exact) mass is 261 g/mol. The quantitative estimate of drug-likeness (QED) is 0.858. The molecule has 0 atom stereocenters.